The highest BCUT2D eigenvalue weighted by atomic mass is 35.5. The predicted molar refractivity (Wildman–Crippen MR) is 161 cm³/mol. The molecule has 3 aromatic carbocycles. The third-order valence-electron chi connectivity index (χ3n) is 7.67. The van der Waals surface area contributed by atoms with Gasteiger partial charge in [-0.25, -0.2) is 0 Å². The molecule has 2 amide bonds. The van der Waals surface area contributed by atoms with Gasteiger partial charge < -0.3 is 19.3 Å². The van der Waals surface area contributed by atoms with Crippen LogP contribution in [-0.4, -0.2) is 61.5 Å². The summed E-state index contributed by atoms with van der Waals surface area (Å²) in [6.07, 6.45) is 3.60. The first-order valence-corrected chi connectivity index (χ1v) is 14.8. The standard InChI is InChI=1S/C33H38ClN3O4/c1-40-29-8-4-9-30(21-29)41-24-32(38)36-19-5-17-35(22-25-11-15-28(34)16-12-25)18-6-20-37(33(39)26-13-14-26)31-10-3-2-7-27(31)23-36/h2-4,7-12,15-16,21,26H,5-6,13-14,17-20,22-24H2,1H3. The lowest BCUT2D eigenvalue weighted by atomic mass is 10.1. The van der Waals surface area contributed by atoms with E-state index in [0.29, 0.717) is 31.1 Å². The number of nitrogens with zero attached hydrogens (tertiary/aromatic N) is 3. The van der Waals surface area contributed by atoms with Crippen molar-refractivity contribution in [1.82, 2.24) is 9.80 Å². The average molecular weight is 576 g/mol. The summed E-state index contributed by atoms with van der Waals surface area (Å²) < 4.78 is 11.2. The van der Waals surface area contributed by atoms with Crippen LogP contribution in [0.15, 0.2) is 72.8 Å². The average Bonchev–Trinajstić information content (AvgIpc) is 3.84. The number of rotatable bonds is 7. The first-order valence-electron chi connectivity index (χ1n) is 14.4. The van der Waals surface area contributed by atoms with E-state index in [2.05, 4.69) is 17.0 Å². The maximum Gasteiger partial charge on any atom is 0.260 e. The number of benzene rings is 3. The van der Waals surface area contributed by atoms with Crippen molar-refractivity contribution in [2.45, 2.75) is 38.8 Å². The number of halogens is 1. The van der Waals surface area contributed by atoms with Crippen LogP contribution in [-0.2, 0) is 22.7 Å². The van der Waals surface area contributed by atoms with Crippen LogP contribution in [0.5, 0.6) is 11.5 Å². The molecule has 1 aliphatic heterocycles. The van der Waals surface area contributed by atoms with E-state index < -0.39 is 0 Å². The number of hydrogen-bond donors (Lipinski definition) is 0. The highest BCUT2D eigenvalue weighted by molar-refractivity contribution is 6.30. The number of methoxy groups -OCH3 is 1. The van der Waals surface area contributed by atoms with Gasteiger partial charge in [-0.05, 0) is 67.1 Å². The van der Waals surface area contributed by atoms with Crippen LogP contribution in [0.3, 0.4) is 0 Å². The Kier molecular flexibility index (Phi) is 9.80. The first kappa shape index (κ1) is 29.0. The number of carbonyl (C=O) groups excluding carboxylic acids is 2. The molecule has 1 heterocycles. The Bertz CT molecular complexity index is 1330. The van der Waals surface area contributed by atoms with Crippen LogP contribution in [0, 0.1) is 5.92 Å². The van der Waals surface area contributed by atoms with E-state index in [1.807, 2.05) is 64.4 Å². The molecule has 1 aliphatic carbocycles. The molecule has 2 aliphatic rings. The SMILES string of the molecule is COc1cccc(OCC(=O)N2CCCN(Cc3ccc(Cl)cc3)CCCN(C(=O)C3CC3)c3ccccc3C2)c1. The molecule has 8 heteroatoms. The van der Waals surface area contributed by atoms with Crippen LogP contribution in [0.2, 0.25) is 5.02 Å². The molecular formula is C33H38ClN3O4. The monoisotopic (exact) mass is 575 g/mol. The zero-order chi connectivity index (χ0) is 28.6. The van der Waals surface area contributed by atoms with E-state index in [9.17, 15) is 9.59 Å². The van der Waals surface area contributed by atoms with E-state index >= 15 is 0 Å². The molecule has 0 aromatic heterocycles. The Balaban J connectivity index is 1.37. The predicted octanol–water partition coefficient (Wildman–Crippen LogP) is 5.80. The van der Waals surface area contributed by atoms with Gasteiger partial charge in [0.15, 0.2) is 6.61 Å². The van der Waals surface area contributed by atoms with Gasteiger partial charge in [-0.15, -0.1) is 0 Å². The van der Waals surface area contributed by atoms with Crippen LogP contribution < -0.4 is 14.4 Å². The number of anilines is 1. The fourth-order valence-electron chi connectivity index (χ4n) is 5.29. The minimum atomic E-state index is -0.0935. The number of fused-ring (bicyclic) bond motifs is 1. The third kappa shape index (κ3) is 8.02. The molecule has 0 radical (unpaired) electrons. The van der Waals surface area contributed by atoms with Crippen molar-refractivity contribution in [3.05, 3.63) is 88.9 Å². The highest BCUT2D eigenvalue weighted by Crippen LogP contribution is 2.34. The van der Waals surface area contributed by atoms with Gasteiger partial charge in [-0.3, -0.25) is 14.5 Å². The maximum atomic E-state index is 13.6. The van der Waals surface area contributed by atoms with Gasteiger partial charge in [0.2, 0.25) is 5.91 Å². The van der Waals surface area contributed by atoms with Gasteiger partial charge in [0.05, 0.1) is 7.11 Å². The second kappa shape index (κ2) is 13.9. The molecule has 0 bridgehead atoms. The fourth-order valence-corrected chi connectivity index (χ4v) is 5.41. The molecule has 41 heavy (non-hydrogen) atoms. The molecule has 0 atom stereocenters. The molecule has 0 N–H and O–H groups in total. The summed E-state index contributed by atoms with van der Waals surface area (Å²) in [7, 11) is 1.60. The summed E-state index contributed by atoms with van der Waals surface area (Å²) in [5.74, 6) is 1.47. The maximum absolute atomic E-state index is 13.6. The second-order valence-electron chi connectivity index (χ2n) is 10.8. The van der Waals surface area contributed by atoms with Gasteiger partial charge in [0, 0.05) is 62.0 Å². The Morgan fingerprint density at radius 1 is 0.878 bits per heavy atom. The minimum Gasteiger partial charge on any atom is -0.497 e. The number of hydrogen-bond acceptors (Lipinski definition) is 5. The number of para-hydroxylation sites is 1. The van der Waals surface area contributed by atoms with E-state index in [-0.39, 0.29) is 24.3 Å². The van der Waals surface area contributed by atoms with Gasteiger partial charge in [-0.1, -0.05) is 48.0 Å². The Morgan fingerprint density at radius 3 is 2.37 bits per heavy atom. The summed E-state index contributed by atoms with van der Waals surface area (Å²) in [4.78, 5) is 33.2. The summed E-state index contributed by atoms with van der Waals surface area (Å²) in [5.41, 5.74) is 3.08. The zero-order valence-electron chi connectivity index (χ0n) is 23.6. The first-order chi connectivity index (χ1) is 20.0. The van der Waals surface area contributed by atoms with Crippen LogP contribution in [0.4, 0.5) is 5.69 Å². The van der Waals surface area contributed by atoms with Crippen molar-refractivity contribution in [2.24, 2.45) is 5.92 Å². The van der Waals surface area contributed by atoms with Crippen molar-refractivity contribution in [3.8, 4) is 11.5 Å². The topological polar surface area (TPSA) is 62.3 Å². The molecule has 0 spiro atoms. The number of amides is 2. The normalized spacial score (nSPS) is 16.7. The summed E-state index contributed by atoms with van der Waals surface area (Å²) in [6.45, 7) is 4.06. The molecule has 0 unspecified atom stereocenters. The van der Waals surface area contributed by atoms with Gasteiger partial charge >= 0.3 is 0 Å². The Morgan fingerprint density at radius 2 is 1.61 bits per heavy atom. The molecule has 216 valence electrons. The van der Waals surface area contributed by atoms with Crippen molar-refractivity contribution in [1.29, 1.82) is 0 Å². The molecule has 3 aromatic rings. The summed E-state index contributed by atoms with van der Waals surface area (Å²) >= 11 is 6.11. The Hall–Kier alpha value is -3.55. The van der Waals surface area contributed by atoms with Crippen molar-refractivity contribution < 1.29 is 19.1 Å². The van der Waals surface area contributed by atoms with Crippen molar-refractivity contribution in [2.75, 3.05) is 44.8 Å². The summed E-state index contributed by atoms with van der Waals surface area (Å²) in [6, 6.07) is 23.2. The lowest BCUT2D eigenvalue weighted by molar-refractivity contribution is -0.134. The molecular weight excluding hydrogens is 538 g/mol. The van der Waals surface area contributed by atoms with E-state index in [4.69, 9.17) is 21.1 Å². The lowest BCUT2D eigenvalue weighted by Crippen LogP contribution is -2.40. The highest BCUT2D eigenvalue weighted by Gasteiger charge is 2.35. The van der Waals surface area contributed by atoms with Crippen LogP contribution in [0.1, 0.15) is 36.8 Å². The fraction of sp³-hybridized carbons (Fsp3) is 0.394. The largest absolute Gasteiger partial charge is 0.497 e. The Labute approximate surface area is 247 Å². The van der Waals surface area contributed by atoms with Gasteiger partial charge in [-0.2, -0.15) is 0 Å². The smallest absolute Gasteiger partial charge is 0.260 e. The molecule has 5 rings (SSSR count). The van der Waals surface area contributed by atoms with Crippen LogP contribution >= 0.6 is 11.6 Å². The zero-order valence-corrected chi connectivity index (χ0v) is 24.4. The number of carbonyl (C=O) groups is 2. The van der Waals surface area contributed by atoms with Crippen molar-refractivity contribution >= 4 is 29.1 Å². The van der Waals surface area contributed by atoms with Crippen LogP contribution in [0.25, 0.3) is 0 Å². The lowest BCUT2D eigenvalue weighted by Gasteiger charge is -2.32. The third-order valence-corrected chi connectivity index (χ3v) is 7.92. The minimum absolute atomic E-state index is 0.0749. The van der Waals surface area contributed by atoms with Gasteiger partial charge in [0.1, 0.15) is 11.5 Å². The quantitative estimate of drug-likeness (QED) is 0.357. The van der Waals surface area contributed by atoms with E-state index in [0.717, 1.165) is 61.6 Å². The number of ether oxygens (including phenoxy) is 2. The van der Waals surface area contributed by atoms with Crippen molar-refractivity contribution in [3.63, 3.8) is 0 Å². The second-order valence-corrected chi connectivity index (χ2v) is 11.2. The molecule has 7 nitrogen and oxygen atoms in total. The molecule has 1 fully saturated rings. The molecule has 1 saturated carbocycles. The van der Waals surface area contributed by atoms with E-state index in [1.54, 1.807) is 13.2 Å². The van der Waals surface area contributed by atoms with Gasteiger partial charge in [0.25, 0.3) is 5.91 Å². The molecule has 0 saturated heterocycles. The summed E-state index contributed by atoms with van der Waals surface area (Å²) in [5, 5.41) is 0.723. The van der Waals surface area contributed by atoms with E-state index in [1.165, 1.54) is 5.56 Å².